The molecule has 4 rings (SSSR count). The van der Waals surface area contributed by atoms with Crippen LogP contribution in [0.1, 0.15) is 22.3 Å². The zero-order chi connectivity index (χ0) is 20.5. The van der Waals surface area contributed by atoms with Crippen LogP contribution in [0.3, 0.4) is 0 Å². The number of fused-ring (bicyclic) bond motifs is 1. The Kier molecular flexibility index (Phi) is 5.16. The average Bonchev–Trinajstić information content (AvgIpc) is 2.69. The van der Waals surface area contributed by atoms with E-state index in [1.165, 1.54) is 0 Å². The summed E-state index contributed by atoms with van der Waals surface area (Å²) in [6, 6.07) is 19.0. The Labute approximate surface area is 174 Å². The lowest BCUT2D eigenvalue weighted by Gasteiger charge is -2.13. The molecule has 4 heteroatoms. The fraction of sp³-hybridized carbons (Fsp3) is 0.160. The van der Waals surface area contributed by atoms with Crippen molar-refractivity contribution in [3.63, 3.8) is 0 Å². The van der Waals surface area contributed by atoms with Crippen molar-refractivity contribution in [2.24, 2.45) is 0 Å². The average molecular weight is 405 g/mol. The van der Waals surface area contributed by atoms with Gasteiger partial charge in [-0.15, -0.1) is 0 Å². The molecule has 1 aromatic heterocycles. The first-order valence-electron chi connectivity index (χ1n) is 9.45. The molecule has 0 fully saturated rings. The third-order valence-corrected chi connectivity index (χ3v) is 5.29. The summed E-state index contributed by atoms with van der Waals surface area (Å²) in [5, 5.41) is 1.14. The van der Waals surface area contributed by atoms with Crippen LogP contribution in [0.4, 0.5) is 0 Å². The van der Waals surface area contributed by atoms with E-state index < -0.39 is 0 Å². The van der Waals surface area contributed by atoms with Crippen molar-refractivity contribution in [3.05, 3.63) is 98.2 Å². The molecule has 3 nitrogen and oxygen atoms in total. The van der Waals surface area contributed by atoms with Gasteiger partial charge in [0.2, 0.25) is 11.2 Å². The maximum Gasteiger partial charge on any atom is 0.235 e. The predicted molar refractivity (Wildman–Crippen MR) is 118 cm³/mol. The molecule has 0 aliphatic rings. The van der Waals surface area contributed by atoms with Crippen LogP contribution in [-0.2, 0) is 6.61 Å². The summed E-state index contributed by atoms with van der Waals surface area (Å²) in [6.07, 6.45) is 0. The van der Waals surface area contributed by atoms with Crippen LogP contribution in [0, 0.1) is 20.8 Å². The van der Waals surface area contributed by atoms with E-state index in [0.717, 1.165) is 27.8 Å². The normalized spacial score (nSPS) is 11.0. The molecule has 0 aliphatic carbocycles. The summed E-state index contributed by atoms with van der Waals surface area (Å²) in [7, 11) is 0. The fourth-order valence-corrected chi connectivity index (χ4v) is 3.45. The number of hydrogen-bond acceptors (Lipinski definition) is 3. The van der Waals surface area contributed by atoms with Gasteiger partial charge in [0.15, 0.2) is 5.76 Å². The van der Waals surface area contributed by atoms with Crippen LogP contribution in [-0.4, -0.2) is 0 Å². The van der Waals surface area contributed by atoms with Crippen LogP contribution >= 0.6 is 11.6 Å². The summed E-state index contributed by atoms with van der Waals surface area (Å²) in [4.78, 5) is 13.3. The van der Waals surface area contributed by atoms with Crippen molar-refractivity contribution in [1.29, 1.82) is 0 Å². The Morgan fingerprint density at radius 3 is 2.38 bits per heavy atom. The van der Waals surface area contributed by atoms with Crippen molar-refractivity contribution in [2.75, 3.05) is 0 Å². The van der Waals surface area contributed by atoms with E-state index >= 15 is 0 Å². The molecule has 0 saturated carbocycles. The lowest BCUT2D eigenvalue weighted by Crippen LogP contribution is -2.10. The van der Waals surface area contributed by atoms with E-state index in [4.69, 9.17) is 20.8 Å². The molecule has 0 aliphatic heterocycles. The Balaban J connectivity index is 1.88. The predicted octanol–water partition coefficient (Wildman–Crippen LogP) is 6.62. The number of halogens is 1. The second-order valence-electron chi connectivity index (χ2n) is 7.31. The van der Waals surface area contributed by atoms with Gasteiger partial charge in [0.1, 0.15) is 12.2 Å². The van der Waals surface area contributed by atoms with Crippen LogP contribution in [0.5, 0.6) is 5.75 Å². The van der Waals surface area contributed by atoms with E-state index in [1.807, 2.05) is 75.4 Å². The number of benzene rings is 3. The quantitative estimate of drug-likeness (QED) is 0.383. The van der Waals surface area contributed by atoms with E-state index in [2.05, 4.69) is 0 Å². The molecule has 0 bridgehead atoms. The molecular weight excluding hydrogens is 384 g/mol. The fourth-order valence-electron chi connectivity index (χ4n) is 3.24. The van der Waals surface area contributed by atoms with Crippen molar-refractivity contribution in [2.45, 2.75) is 27.4 Å². The van der Waals surface area contributed by atoms with Crippen LogP contribution in [0.15, 0.2) is 69.9 Å². The van der Waals surface area contributed by atoms with Crippen molar-refractivity contribution >= 4 is 22.6 Å². The maximum absolute atomic E-state index is 13.3. The molecule has 0 amide bonds. The minimum atomic E-state index is -0.174. The maximum atomic E-state index is 13.3. The third kappa shape index (κ3) is 3.92. The van der Waals surface area contributed by atoms with Gasteiger partial charge in [-0.05, 0) is 61.7 Å². The molecule has 3 aromatic carbocycles. The highest BCUT2D eigenvalue weighted by atomic mass is 35.5. The number of aryl methyl sites for hydroxylation is 3. The topological polar surface area (TPSA) is 39.4 Å². The first-order valence-corrected chi connectivity index (χ1v) is 9.82. The van der Waals surface area contributed by atoms with Crippen LogP contribution < -0.4 is 10.2 Å². The van der Waals surface area contributed by atoms with Gasteiger partial charge in [-0.2, -0.15) is 0 Å². The Morgan fingerprint density at radius 1 is 0.931 bits per heavy atom. The minimum absolute atomic E-state index is 0.174. The summed E-state index contributed by atoms with van der Waals surface area (Å²) in [5.74, 6) is 0.650. The van der Waals surface area contributed by atoms with Crippen LogP contribution in [0.25, 0.3) is 22.3 Å². The van der Waals surface area contributed by atoms with Gasteiger partial charge in [0, 0.05) is 10.6 Å². The second kappa shape index (κ2) is 7.76. The van der Waals surface area contributed by atoms with Gasteiger partial charge in [-0.3, -0.25) is 4.79 Å². The van der Waals surface area contributed by atoms with Gasteiger partial charge in [0.25, 0.3) is 0 Å². The molecule has 0 radical (unpaired) electrons. The van der Waals surface area contributed by atoms with E-state index in [-0.39, 0.29) is 17.8 Å². The first kappa shape index (κ1) is 19.3. The number of hydrogen-bond donors (Lipinski definition) is 0. The first-order chi connectivity index (χ1) is 13.9. The summed E-state index contributed by atoms with van der Waals surface area (Å²) < 4.78 is 12.2. The Hall–Kier alpha value is -3.04. The van der Waals surface area contributed by atoms with Crippen molar-refractivity contribution < 1.29 is 9.15 Å². The Morgan fingerprint density at radius 2 is 1.66 bits per heavy atom. The highest BCUT2D eigenvalue weighted by Crippen LogP contribution is 2.32. The molecule has 0 atom stereocenters. The lowest BCUT2D eigenvalue weighted by molar-refractivity contribution is 0.298. The molecule has 1 heterocycles. The Bertz CT molecular complexity index is 1250. The molecule has 4 aromatic rings. The molecule has 0 N–H and O–H groups in total. The number of rotatable bonds is 4. The summed E-state index contributed by atoms with van der Waals surface area (Å²) in [6.45, 7) is 6.22. The zero-order valence-electron chi connectivity index (χ0n) is 16.6. The van der Waals surface area contributed by atoms with Crippen LogP contribution in [0.2, 0.25) is 5.02 Å². The highest BCUT2D eigenvalue weighted by molar-refractivity contribution is 6.30. The molecule has 0 spiro atoms. The molecule has 0 saturated heterocycles. The van der Waals surface area contributed by atoms with Gasteiger partial charge in [-0.25, -0.2) is 0 Å². The van der Waals surface area contributed by atoms with Gasteiger partial charge >= 0.3 is 0 Å². The van der Waals surface area contributed by atoms with E-state index in [1.54, 1.807) is 6.07 Å². The largest absolute Gasteiger partial charge is 0.481 e. The third-order valence-electron chi connectivity index (χ3n) is 5.05. The molecular formula is C25H21ClO3. The smallest absolute Gasteiger partial charge is 0.235 e. The van der Waals surface area contributed by atoms with E-state index in [9.17, 15) is 4.79 Å². The number of ether oxygens (including phenoxy) is 1. The monoisotopic (exact) mass is 404 g/mol. The summed E-state index contributed by atoms with van der Waals surface area (Å²) in [5.41, 5.74) is 5.30. The minimum Gasteiger partial charge on any atom is -0.481 e. The molecule has 29 heavy (non-hydrogen) atoms. The lowest BCUT2D eigenvalue weighted by atomic mass is 10.0. The van der Waals surface area contributed by atoms with Crippen molar-refractivity contribution in [3.8, 4) is 17.1 Å². The van der Waals surface area contributed by atoms with Gasteiger partial charge in [-0.1, -0.05) is 53.6 Å². The van der Waals surface area contributed by atoms with Crippen molar-refractivity contribution in [1.82, 2.24) is 0 Å². The van der Waals surface area contributed by atoms with Gasteiger partial charge < -0.3 is 9.15 Å². The molecule has 146 valence electrons. The van der Waals surface area contributed by atoms with E-state index in [0.29, 0.717) is 21.8 Å². The molecule has 0 unspecified atom stereocenters. The second-order valence-corrected chi connectivity index (χ2v) is 7.74. The highest BCUT2D eigenvalue weighted by Gasteiger charge is 2.18. The standard InChI is InChI=1S/C25H21ClO3/c1-15-7-9-19(10-8-15)24-25(28-14-18-5-4-6-20(26)13-18)23(27)21-11-16(2)17(3)12-22(21)29-24/h4-13H,14H2,1-3H3. The summed E-state index contributed by atoms with van der Waals surface area (Å²) >= 11 is 6.07. The SMILES string of the molecule is Cc1ccc(-c2oc3cc(C)c(C)cc3c(=O)c2OCc2cccc(Cl)c2)cc1. The van der Waals surface area contributed by atoms with Gasteiger partial charge in [0.05, 0.1) is 5.39 Å². The zero-order valence-corrected chi connectivity index (χ0v) is 17.3.